The van der Waals surface area contributed by atoms with Gasteiger partial charge in [0.15, 0.2) is 0 Å². The van der Waals surface area contributed by atoms with Gasteiger partial charge in [0.25, 0.3) is 0 Å². The van der Waals surface area contributed by atoms with Crippen LogP contribution in [0.4, 0.5) is 0 Å². The number of carbonyl (C=O) groups excluding carboxylic acids is 1. The zero-order chi connectivity index (χ0) is 15.7. The first kappa shape index (κ1) is 17.5. The third kappa shape index (κ3) is 6.17. The Bertz CT molecular complexity index is 426. The molecule has 4 heteroatoms. The summed E-state index contributed by atoms with van der Waals surface area (Å²) in [5, 5.41) is 3.19. The van der Waals surface area contributed by atoms with E-state index in [9.17, 15) is 4.79 Å². The van der Waals surface area contributed by atoms with Crippen LogP contribution in [-0.4, -0.2) is 25.2 Å². The van der Waals surface area contributed by atoms with E-state index in [2.05, 4.69) is 12.2 Å². The Morgan fingerprint density at radius 1 is 1.19 bits per heavy atom. The molecule has 1 rings (SSSR count). The van der Waals surface area contributed by atoms with Crippen molar-refractivity contribution in [1.29, 1.82) is 0 Å². The van der Waals surface area contributed by atoms with Gasteiger partial charge in [0, 0.05) is 6.54 Å². The van der Waals surface area contributed by atoms with Gasteiger partial charge in [-0.15, -0.1) is 0 Å². The molecule has 0 spiro atoms. The molecule has 0 radical (unpaired) electrons. The number of methoxy groups -OCH3 is 1. The molecular weight excluding hydrogens is 266 g/mol. The number of esters is 1. The van der Waals surface area contributed by atoms with Crippen LogP contribution in [0.5, 0.6) is 5.75 Å². The van der Waals surface area contributed by atoms with Gasteiger partial charge in [-0.3, -0.25) is 10.1 Å². The summed E-state index contributed by atoms with van der Waals surface area (Å²) < 4.78 is 10.4. The zero-order valence-corrected chi connectivity index (χ0v) is 13.6. The fourth-order valence-corrected chi connectivity index (χ4v) is 1.90. The minimum absolute atomic E-state index is 0.265. The molecule has 0 aromatic heterocycles. The SMILES string of the molecule is CCCCCOc1ccc(CNC(C)(C)C(=O)OC)cc1. The van der Waals surface area contributed by atoms with Crippen LogP contribution >= 0.6 is 0 Å². The fraction of sp³-hybridized carbons (Fsp3) is 0.588. The normalized spacial score (nSPS) is 11.2. The zero-order valence-electron chi connectivity index (χ0n) is 13.6. The van der Waals surface area contributed by atoms with Crippen molar-refractivity contribution in [2.24, 2.45) is 0 Å². The second-order valence-corrected chi connectivity index (χ2v) is 5.67. The molecule has 1 N–H and O–H groups in total. The van der Waals surface area contributed by atoms with Crippen LogP contribution in [-0.2, 0) is 16.1 Å². The van der Waals surface area contributed by atoms with Crippen LogP contribution in [0.2, 0.25) is 0 Å². The standard InChI is InChI=1S/C17H27NO3/c1-5-6-7-12-21-15-10-8-14(9-11-15)13-18-17(2,3)16(19)20-4/h8-11,18H,5-7,12-13H2,1-4H3. The van der Waals surface area contributed by atoms with Crippen LogP contribution in [0.3, 0.4) is 0 Å². The van der Waals surface area contributed by atoms with E-state index >= 15 is 0 Å². The lowest BCUT2D eigenvalue weighted by Crippen LogP contribution is -2.46. The summed E-state index contributed by atoms with van der Waals surface area (Å²) in [5.41, 5.74) is 0.414. The van der Waals surface area contributed by atoms with Crippen molar-refractivity contribution in [3.05, 3.63) is 29.8 Å². The van der Waals surface area contributed by atoms with Crippen molar-refractivity contribution in [1.82, 2.24) is 5.32 Å². The van der Waals surface area contributed by atoms with E-state index < -0.39 is 5.54 Å². The highest BCUT2D eigenvalue weighted by Crippen LogP contribution is 2.14. The van der Waals surface area contributed by atoms with Gasteiger partial charge in [-0.05, 0) is 38.0 Å². The minimum atomic E-state index is -0.690. The first-order chi connectivity index (χ1) is 9.99. The first-order valence-corrected chi connectivity index (χ1v) is 7.54. The molecule has 0 bridgehead atoms. The van der Waals surface area contributed by atoms with Crippen LogP contribution in [0, 0.1) is 0 Å². The maximum atomic E-state index is 11.6. The molecule has 21 heavy (non-hydrogen) atoms. The average molecular weight is 293 g/mol. The third-order valence-electron chi connectivity index (χ3n) is 3.37. The number of carbonyl (C=O) groups is 1. The molecule has 0 aliphatic heterocycles. The van der Waals surface area contributed by atoms with Gasteiger partial charge in [-0.2, -0.15) is 0 Å². The molecule has 0 unspecified atom stereocenters. The summed E-state index contributed by atoms with van der Waals surface area (Å²) in [6, 6.07) is 7.95. The van der Waals surface area contributed by atoms with E-state index in [4.69, 9.17) is 9.47 Å². The van der Waals surface area contributed by atoms with E-state index in [0.717, 1.165) is 24.3 Å². The fourth-order valence-electron chi connectivity index (χ4n) is 1.90. The highest BCUT2D eigenvalue weighted by Gasteiger charge is 2.27. The molecule has 0 heterocycles. The Kier molecular flexibility index (Phi) is 7.23. The van der Waals surface area contributed by atoms with E-state index in [1.807, 2.05) is 38.1 Å². The molecule has 1 aromatic carbocycles. The van der Waals surface area contributed by atoms with E-state index in [-0.39, 0.29) is 5.97 Å². The van der Waals surface area contributed by atoms with Crippen LogP contribution in [0.25, 0.3) is 0 Å². The average Bonchev–Trinajstić information content (AvgIpc) is 2.50. The van der Waals surface area contributed by atoms with Crippen molar-refractivity contribution in [2.75, 3.05) is 13.7 Å². The summed E-state index contributed by atoms with van der Waals surface area (Å²) in [6.07, 6.45) is 3.49. The molecule has 0 atom stereocenters. The predicted molar refractivity (Wildman–Crippen MR) is 84.4 cm³/mol. The largest absolute Gasteiger partial charge is 0.494 e. The Hall–Kier alpha value is -1.55. The van der Waals surface area contributed by atoms with Gasteiger partial charge in [-0.25, -0.2) is 0 Å². The lowest BCUT2D eigenvalue weighted by Gasteiger charge is -2.23. The first-order valence-electron chi connectivity index (χ1n) is 7.54. The van der Waals surface area contributed by atoms with Gasteiger partial charge in [0.2, 0.25) is 0 Å². The van der Waals surface area contributed by atoms with Crippen molar-refractivity contribution < 1.29 is 14.3 Å². The smallest absolute Gasteiger partial charge is 0.325 e. The van der Waals surface area contributed by atoms with Gasteiger partial charge in [0.1, 0.15) is 11.3 Å². The van der Waals surface area contributed by atoms with E-state index in [1.54, 1.807) is 0 Å². The van der Waals surface area contributed by atoms with E-state index in [0.29, 0.717) is 6.54 Å². The highest BCUT2D eigenvalue weighted by atomic mass is 16.5. The third-order valence-corrected chi connectivity index (χ3v) is 3.37. The quantitative estimate of drug-likeness (QED) is 0.560. The minimum Gasteiger partial charge on any atom is -0.494 e. The molecule has 0 amide bonds. The number of ether oxygens (including phenoxy) is 2. The molecule has 0 saturated heterocycles. The van der Waals surface area contributed by atoms with Gasteiger partial charge in [-0.1, -0.05) is 31.9 Å². The number of unbranched alkanes of at least 4 members (excludes halogenated alkanes) is 2. The number of hydrogen-bond donors (Lipinski definition) is 1. The molecule has 0 aliphatic rings. The predicted octanol–water partition coefficient (Wildman–Crippen LogP) is 3.30. The summed E-state index contributed by atoms with van der Waals surface area (Å²) in [5.74, 6) is 0.625. The molecule has 1 aromatic rings. The van der Waals surface area contributed by atoms with Crippen molar-refractivity contribution in [3.8, 4) is 5.75 Å². The second-order valence-electron chi connectivity index (χ2n) is 5.67. The van der Waals surface area contributed by atoms with Crippen molar-refractivity contribution >= 4 is 5.97 Å². The van der Waals surface area contributed by atoms with Crippen LogP contribution < -0.4 is 10.1 Å². The molecule has 118 valence electrons. The summed E-state index contributed by atoms with van der Waals surface area (Å²) in [6.45, 7) is 7.17. The Labute approximate surface area is 127 Å². The maximum Gasteiger partial charge on any atom is 0.325 e. The van der Waals surface area contributed by atoms with Gasteiger partial charge in [0.05, 0.1) is 13.7 Å². The molecular formula is C17H27NO3. The summed E-state index contributed by atoms with van der Waals surface area (Å²) in [7, 11) is 1.40. The van der Waals surface area contributed by atoms with Crippen LogP contribution in [0.15, 0.2) is 24.3 Å². The number of benzene rings is 1. The van der Waals surface area contributed by atoms with Gasteiger partial charge >= 0.3 is 5.97 Å². The van der Waals surface area contributed by atoms with Gasteiger partial charge < -0.3 is 9.47 Å². The lowest BCUT2D eigenvalue weighted by molar-refractivity contribution is -0.147. The summed E-state index contributed by atoms with van der Waals surface area (Å²) >= 11 is 0. The molecule has 0 aliphatic carbocycles. The second kappa shape index (κ2) is 8.67. The molecule has 4 nitrogen and oxygen atoms in total. The highest BCUT2D eigenvalue weighted by molar-refractivity contribution is 5.79. The molecule has 0 fully saturated rings. The van der Waals surface area contributed by atoms with Crippen molar-refractivity contribution in [2.45, 2.75) is 52.1 Å². The monoisotopic (exact) mass is 293 g/mol. The Morgan fingerprint density at radius 3 is 2.43 bits per heavy atom. The number of hydrogen-bond acceptors (Lipinski definition) is 4. The van der Waals surface area contributed by atoms with E-state index in [1.165, 1.54) is 20.0 Å². The summed E-state index contributed by atoms with van der Waals surface area (Å²) in [4.78, 5) is 11.6. The Morgan fingerprint density at radius 2 is 1.86 bits per heavy atom. The lowest BCUT2D eigenvalue weighted by atomic mass is 10.1. The topological polar surface area (TPSA) is 47.6 Å². The Balaban J connectivity index is 2.42. The van der Waals surface area contributed by atoms with Crippen LogP contribution in [0.1, 0.15) is 45.6 Å². The number of nitrogens with one attached hydrogen (secondary N) is 1. The number of rotatable bonds is 9. The molecule has 0 saturated carbocycles. The van der Waals surface area contributed by atoms with Crippen molar-refractivity contribution in [3.63, 3.8) is 0 Å². The maximum absolute atomic E-state index is 11.6.